The van der Waals surface area contributed by atoms with Gasteiger partial charge in [0.1, 0.15) is 17.3 Å². The molecular formula is C19H14F4N4O. The summed E-state index contributed by atoms with van der Waals surface area (Å²) in [6, 6.07) is 7.49. The van der Waals surface area contributed by atoms with Gasteiger partial charge in [-0.1, -0.05) is 0 Å². The second kappa shape index (κ2) is 6.74. The summed E-state index contributed by atoms with van der Waals surface area (Å²) in [4.78, 5) is 20.4. The summed E-state index contributed by atoms with van der Waals surface area (Å²) in [5.41, 5.74) is 0.842. The molecule has 0 spiro atoms. The zero-order chi connectivity index (χ0) is 19.9. The third kappa shape index (κ3) is 3.47. The molecule has 0 saturated heterocycles. The van der Waals surface area contributed by atoms with Crippen molar-refractivity contribution in [2.75, 3.05) is 6.54 Å². The first-order valence-electron chi connectivity index (χ1n) is 8.48. The molecule has 1 aliphatic heterocycles. The molecule has 1 aliphatic rings. The number of halogens is 4. The Hall–Kier alpha value is -3.23. The zero-order valence-corrected chi connectivity index (χ0v) is 14.4. The molecule has 4 rings (SSSR count). The smallest absolute Gasteiger partial charge is 0.349 e. The molecule has 5 nitrogen and oxygen atoms in total. The standard InChI is InChI=1S/C19H14F4N4O/c20-13-8-11(7-12(10-13)19(21,22)23)9-17-24-4-3-14(26-17)15-1-2-16-18(28)25-5-6-27(15)16/h1-4,7-8,10H,5-6,9H2,(H,25,28). The van der Waals surface area contributed by atoms with Crippen molar-refractivity contribution in [3.8, 4) is 11.4 Å². The van der Waals surface area contributed by atoms with Crippen molar-refractivity contribution in [2.24, 2.45) is 0 Å². The largest absolute Gasteiger partial charge is 0.416 e. The molecule has 0 unspecified atom stereocenters. The molecule has 1 aromatic carbocycles. The molecule has 1 amide bonds. The number of carbonyl (C=O) groups is 1. The minimum absolute atomic E-state index is 0.0528. The lowest BCUT2D eigenvalue weighted by Crippen LogP contribution is -2.35. The number of carbonyl (C=O) groups excluding carboxylic acids is 1. The average Bonchev–Trinajstić information content (AvgIpc) is 3.06. The highest BCUT2D eigenvalue weighted by Gasteiger charge is 2.31. The molecule has 0 saturated carbocycles. The Kier molecular flexibility index (Phi) is 4.37. The van der Waals surface area contributed by atoms with E-state index in [1.807, 2.05) is 4.57 Å². The van der Waals surface area contributed by atoms with Crippen molar-refractivity contribution in [1.82, 2.24) is 19.9 Å². The maximum Gasteiger partial charge on any atom is 0.416 e. The van der Waals surface area contributed by atoms with Crippen LogP contribution in [-0.2, 0) is 19.1 Å². The van der Waals surface area contributed by atoms with Gasteiger partial charge in [0.05, 0.1) is 17.0 Å². The van der Waals surface area contributed by atoms with Crippen LogP contribution in [0.5, 0.6) is 0 Å². The van der Waals surface area contributed by atoms with Gasteiger partial charge in [0.15, 0.2) is 0 Å². The molecule has 0 atom stereocenters. The molecule has 0 bridgehead atoms. The number of rotatable bonds is 3. The van der Waals surface area contributed by atoms with Gasteiger partial charge in [-0.3, -0.25) is 4.79 Å². The van der Waals surface area contributed by atoms with E-state index in [1.54, 1.807) is 18.2 Å². The Morgan fingerprint density at radius 3 is 2.68 bits per heavy atom. The average molecular weight is 390 g/mol. The topological polar surface area (TPSA) is 59.8 Å². The summed E-state index contributed by atoms with van der Waals surface area (Å²) in [6.07, 6.45) is -3.20. The first-order chi connectivity index (χ1) is 13.3. The molecular weight excluding hydrogens is 376 g/mol. The van der Waals surface area contributed by atoms with Gasteiger partial charge in [0, 0.05) is 25.7 Å². The number of benzene rings is 1. The summed E-state index contributed by atoms with van der Waals surface area (Å²) < 4.78 is 54.1. The van der Waals surface area contributed by atoms with Gasteiger partial charge < -0.3 is 9.88 Å². The van der Waals surface area contributed by atoms with Crippen LogP contribution in [0.4, 0.5) is 17.6 Å². The number of aromatic nitrogens is 3. The van der Waals surface area contributed by atoms with Gasteiger partial charge in [-0.2, -0.15) is 13.2 Å². The molecule has 3 aromatic rings. The SMILES string of the molecule is O=C1NCCn2c1ccc2-c1ccnc(Cc2cc(F)cc(C(F)(F)F)c2)n1. The van der Waals surface area contributed by atoms with Crippen LogP contribution in [0.15, 0.2) is 42.6 Å². The van der Waals surface area contributed by atoms with Gasteiger partial charge in [-0.05, 0) is 42.0 Å². The highest BCUT2D eigenvalue weighted by Crippen LogP contribution is 2.31. The van der Waals surface area contributed by atoms with Gasteiger partial charge in [0.2, 0.25) is 0 Å². The first kappa shape index (κ1) is 18.1. The second-order valence-corrected chi connectivity index (χ2v) is 6.39. The summed E-state index contributed by atoms with van der Waals surface area (Å²) in [6.45, 7) is 1.08. The van der Waals surface area contributed by atoms with E-state index in [9.17, 15) is 22.4 Å². The van der Waals surface area contributed by atoms with E-state index in [0.29, 0.717) is 36.2 Å². The van der Waals surface area contributed by atoms with Crippen molar-refractivity contribution < 1.29 is 22.4 Å². The summed E-state index contributed by atoms with van der Waals surface area (Å²) in [5.74, 6) is -0.883. The molecule has 2 aromatic heterocycles. The lowest BCUT2D eigenvalue weighted by atomic mass is 10.1. The Labute approximate surface area is 157 Å². The van der Waals surface area contributed by atoms with E-state index in [4.69, 9.17) is 0 Å². The van der Waals surface area contributed by atoms with Gasteiger partial charge >= 0.3 is 6.18 Å². The van der Waals surface area contributed by atoms with E-state index < -0.39 is 17.6 Å². The summed E-state index contributed by atoms with van der Waals surface area (Å²) in [5, 5.41) is 2.75. The molecule has 1 N–H and O–H groups in total. The number of hydrogen-bond acceptors (Lipinski definition) is 3. The summed E-state index contributed by atoms with van der Waals surface area (Å²) in [7, 11) is 0. The van der Waals surface area contributed by atoms with Crippen molar-refractivity contribution in [2.45, 2.75) is 19.1 Å². The molecule has 3 heterocycles. The minimum atomic E-state index is -4.63. The second-order valence-electron chi connectivity index (χ2n) is 6.39. The van der Waals surface area contributed by atoms with Crippen molar-refractivity contribution >= 4 is 5.91 Å². The fraction of sp³-hybridized carbons (Fsp3) is 0.211. The van der Waals surface area contributed by atoms with Gasteiger partial charge in [0.25, 0.3) is 5.91 Å². The monoisotopic (exact) mass is 390 g/mol. The Bertz CT molecular complexity index is 1060. The van der Waals surface area contributed by atoms with E-state index in [-0.39, 0.29) is 23.7 Å². The number of nitrogens with one attached hydrogen (secondary N) is 1. The van der Waals surface area contributed by atoms with E-state index in [2.05, 4.69) is 15.3 Å². The number of alkyl halides is 3. The lowest BCUT2D eigenvalue weighted by molar-refractivity contribution is -0.137. The van der Waals surface area contributed by atoms with Crippen LogP contribution in [0.3, 0.4) is 0 Å². The first-order valence-corrected chi connectivity index (χ1v) is 8.48. The van der Waals surface area contributed by atoms with E-state index >= 15 is 0 Å². The van der Waals surface area contributed by atoms with Crippen LogP contribution in [0.2, 0.25) is 0 Å². The maximum atomic E-state index is 13.6. The zero-order valence-electron chi connectivity index (χ0n) is 14.4. The predicted molar refractivity (Wildman–Crippen MR) is 92.0 cm³/mol. The quantitative estimate of drug-likeness (QED) is 0.697. The van der Waals surface area contributed by atoms with Gasteiger partial charge in [-0.15, -0.1) is 0 Å². The third-order valence-corrected chi connectivity index (χ3v) is 4.45. The molecule has 28 heavy (non-hydrogen) atoms. The van der Waals surface area contributed by atoms with E-state index in [0.717, 1.165) is 12.1 Å². The lowest BCUT2D eigenvalue weighted by Gasteiger charge is -2.18. The number of nitrogens with zero attached hydrogens (tertiary/aromatic N) is 3. The third-order valence-electron chi connectivity index (χ3n) is 4.45. The van der Waals surface area contributed by atoms with Crippen LogP contribution in [-0.4, -0.2) is 27.0 Å². The van der Waals surface area contributed by atoms with Gasteiger partial charge in [-0.25, -0.2) is 14.4 Å². The molecule has 0 radical (unpaired) electrons. The summed E-state index contributed by atoms with van der Waals surface area (Å²) >= 11 is 0. The Morgan fingerprint density at radius 1 is 1.11 bits per heavy atom. The normalized spacial score (nSPS) is 13.9. The van der Waals surface area contributed by atoms with Crippen LogP contribution < -0.4 is 5.32 Å². The van der Waals surface area contributed by atoms with Crippen molar-refractivity contribution in [1.29, 1.82) is 0 Å². The van der Waals surface area contributed by atoms with E-state index in [1.165, 1.54) is 6.20 Å². The molecule has 0 aliphatic carbocycles. The van der Waals surface area contributed by atoms with Crippen molar-refractivity contribution in [3.05, 3.63) is 71.1 Å². The highest BCUT2D eigenvalue weighted by molar-refractivity contribution is 5.94. The van der Waals surface area contributed by atoms with Crippen LogP contribution >= 0.6 is 0 Å². The maximum absolute atomic E-state index is 13.6. The van der Waals surface area contributed by atoms with Crippen LogP contribution in [0.1, 0.15) is 27.4 Å². The molecule has 9 heteroatoms. The van der Waals surface area contributed by atoms with Crippen LogP contribution in [0, 0.1) is 5.82 Å². The predicted octanol–water partition coefficient (Wildman–Crippen LogP) is 3.44. The number of amides is 1. The highest BCUT2D eigenvalue weighted by atomic mass is 19.4. The molecule has 144 valence electrons. The number of fused-ring (bicyclic) bond motifs is 1. The Balaban J connectivity index is 1.66. The fourth-order valence-electron chi connectivity index (χ4n) is 3.23. The fourth-order valence-corrected chi connectivity index (χ4v) is 3.23. The van der Waals surface area contributed by atoms with Crippen molar-refractivity contribution in [3.63, 3.8) is 0 Å². The Morgan fingerprint density at radius 2 is 1.89 bits per heavy atom. The number of hydrogen-bond donors (Lipinski definition) is 1. The van der Waals surface area contributed by atoms with Crippen LogP contribution in [0.25, 0.3) is 11.4 Å². The minimum Gasteiger partial charge on any atom is -0.349 e. The molecule has 0 fully saturated rings.